The van der Waals surface area contributed by atoms with E-state index in [1.54, 1.807) is 6.07 Å². The standard InChI is InChI=1S/C12H16FNO.ClH/c1-15-12-9(5-4-6-10(12)13)11-7-2-3-8-14-11;/h4-6,11,14H,2-3,7-8H2,1H3;1H/t11-;/m1./s1. The second-order valence-electron chi connectivity index (χ2n) is 3.86. The first-order valence-electron chi connectivity index (χ1n) is 5.38. The van der Waals surface area contributed by atoms with Crippen molar-refractivity contribution in [3.63, 3.8) is 0 Å². The van der Waals surface area contributed by atoms with Crippen molar-refractivity contribution in [3.05, 3.63) is 29.6 Å². The molecule has 2 nitrogen and oxygen atoms in total. The predicted octanol–water partition coefficient (Wildman–Crippen LogP) is 3.07. The lowest BCUT2D eigenvalue weighted by Gasteiger charge is -2.25. The van der Waals surface area contributed by atoms with Crippen LogP contribution in [0.15, 0.2) is 18.2 Å². The Balaban J connectivity index is 0.00000128. The van der Waals surface area contributed by atoms with Crippen molar-refractivity contribution in [1.29, 1.82) is 0 Å². The Kier molecular flexibility index (Phi) is 5.03. The molecule has 90 valence electrons. The van der Waals surface area contributed by atoms with E-state index in [9.17, 15) is 4.39 Å². The van der Waals surface area contributed by atoms with E-state index in [-0.39, 0.29) is 24.3 Å². The summed E-state index contributed by atoms with van der Waals surface area (Å²) in [6, 6.07) is 5.35. The molecule has 0 aromatic heterocycles. The molecule has 1 heterocycles. The third-order valence-corrected chi connectivity index (χ3v) is 2.89. The summed E-state index contributed by atoms with van der Waals surface area (Å²) in [6.45, 7) is 1.00. The lowest BCUT2D eigenvalue weighted by Crippen LogP contribution is -2.27. The van der Waals surface area contributed by atoms with Crippen molar-refractivity contribution in [1.82, 2.24) is 5.32 Å². The molecule has 0 radical (unpaired) electrons. The van der Waals surface area contributed by atoms with E-state index >= 15 is 0 Å². The molecule has 1 aromatic carbocycles. The second-order valence-corrected chi connectivity index (χ2v) is 3.86. The molecule has 0 amide bonds. The SMILES string of the molecule is COc1c(F)cccc1[C@H]1CCCCN1.Cl. The molecule has 16 heavy (non-hydrogen) atoms. The molecule has 1 aliphatic heterocycles. The molecule has 1 N–H and O–H groups in total. The summed E-state index contributed by atoms with van der Waals surface area (Å²) in [7, 11) is 1.52. The van der Waals surface area contributed by atoms with Gasteiger partial charge in [0.05, 0.1) is 7.11 Å². The Hall–Kier alpha value is -0.800. The number of halogens is 2. The number of rotatable bonds is 2. The average molecular weight is 246 g/mol. The molecule has 1 atom stereocenters. The van der Waals surface area contributed by atoms with Gasteiger partial charge in [0.2, 0.25) is 0 Å². The second kappa shape index (κ2) is 6.06. The minimum atomic E-state index is -0.276. The molecule has 1 aliphatic rings. The van der Waals surface area contributed by atoms with Crippen LogP contribution in [0.5, 0.6) is 5.75 Å². The van der Waals surface area contributed by atoms with Crippen LogP contribution in [-0.2, 0) is 0 Å². The van der Waals surface area contributed by atoms with Crippen molar-refractivity contribution in [2.45, 2.75) is 25.3 Å². The highest BCUT2D eigenvalue weighted by atomic mass is 35.5. The maximum atomic E-state index is 13.5. The third kappa shape index (κ3) is 2.66. The van der Waals surface area contributed by atoms with Gasteiger partial charge in [-0.3, -0.25) is 0 Å². The molecule has 0 saturated carbocycles. The number of hydrogen-bond acceptors (Lipinski definition) is 2. The third-order valence-electron chi connectivity index (χ3n) is 2.89. The predicted molar refractivity (Wildman–Crippen MR) is 64.8 cm³/mol. The fourth-order valence-corrected chi connectivity index (χ4v) is 2.13. The van der Waals surface area contributed by atoms with Gasteiger partial charge in [-0.15, -0.1) is 12.4 Å². The Morgan fingerprint density at radius 2 is 2.19 bits per heavy atom. The molecule has 0 unspecified atom stereocenters. The van der Waals surface area contributed by atoms with Crippen molar-refractivity contribution < 1.29 is 9.13 Å². The van der Waals surface area contributed by atoms with Crippen molar-refractivity contribution in [2.75, 3.05) is 13.7 Å². The fraction of sp³-hybridized carbons (Fsp3) is 0.500. The largest absolute Gasteiger partial charge is 0.493 e. The van der Waals surface area contributed by atoms with Crippen molar-refractivity contribution in [3.8, 4) is 5.75 Å². The van der Waals surface area contributed by atoms with Crippen LogP contribution < -0.4 is 10.1 Å². The summed E-state index contributed by atoms with van der Waals surface area (Å²) in [4.78, 5) is 0. The minimum Gasteiger partial charge on any atom is -0.493 e. The van der Waals surface area contributed by atoms with Gasteiger partial charge in [0.25, 0.3) is 0 Å². The maximum Gasteiger partial charge on any atom is 0.165 e. The van der Waals surface area contributed by atoms with Crippen LogP contribution in [-0.4, -0.2) is 13.7 Å². The van der Waals surface area contributed by atoms with Crippen LogP contribution in [0.2, 0.25) is 0 Å². The van der Waals surface area contributed by atoms with Gasteiger partial charge in [-0.2, -0.15) is 0 Å². The van der Waals surface area contributed by atoms with Gasteiger partial charge in [-0.25, -0.2) is 4.39 Å². The summed E-state index contributed by atoms with van der Waals surface area (Å²) < 4.78 is 18.6. The van der Waals surface area contributed by atoms with E-state index in [2.05, 4.69) is 5.32 Å². The van der Waals surface area contributed by atoms with Gasteiger partial charge >= 0.3 is 0 Å². The number of piperidine rings is 1. The number of ether oxygens (including phenoxy) is 1. The Bertz CT molecular complexity index is 340. The maximum absolute atomic E-state index is 13.5. The number of hydrogen-bond donors (Lipinski definition) is 1. The van der Waals surface area contributed by atoms with Crippen LogP contribution in [0, 0.1) is 5.82 Å². The van der Waals surface area contributed by atoms with Crippen LogP contribution >= 0.6 is 12.4 Å². The molecule has 4 heteroatoms. The van der Waals surface area contributed by atoms with Gasteiger partial charge in [0, 0.05) is 11.6 Å². The van der Waals surface area contributed by atoms with E-state index in [1.807, 2.05) is 6.07 Å². The molecular formula is C12H17ClFNO. The first kappa shape index (κ1) is 13.3. The Morgan fingerprint density at radius 3 is 2.81 bits per heavy atom. The number of nitrogens with one attached hydrogen (secondary N) is 1. The average Bonchev–Trinajstić information content (AvgIpc) is 2.30. The van der Waals surface area contributed by atoms with Gasteiger partial charge in [0.15, 0.2) is 11.6 Å². The summed E-state index contributed by atoms with van der Waals surface area (Å²) >= 11 is 0. The number of para-hydroxylation sites is 1. The van der Waals surface area contributed by atoms with Crippen LogP contribution in [0.3, 0.4) is 0 Å². The molecule has 1 aromatic rings. The molecule has 1 saturated heterocycles. The van der Waals surface area contributed by atoms with Gasteiger partial charge in [-0.05, 0) is 25.5 Å². The fourth-order valence-electron chi connectivity index (χ4n) is 2.13. The molecule has 1 fully saturated rings. The van der Waals surface area contributed by atoms with Crippen LogP contribution in [0.25, 0.3) is 0 Å². The lowest BCUT2D eigenvalue weighted by molar-refractivity contribution is 0.356. The highest BCUT2D eigenvalue weighted by Crippen LogP contribution is 2.32. The van der Waals surface area contributed by atoms with Gasteiger partial charge in [-0.1, -0.05) is 18.6 Å². The van der Waals surface area contributed by atoms with Crippen LogP contribution in [0.4, 0.5) is 4.39 Å². The topological polar surface area (TPSA) is 21.3 Å². The molecule has 0 aliphatic carbocycles. The molecular weight excluding hydrogens is 229 g/mol. The monoisotopic (exact) mass is 245 g/mol. The first-order valence-corrected chi connectivity index (χ1v) is 5.38. The quantitative estimate of drug-likeness (QED) is 0.865. The van der Waals surface area contributed by atoms with Crippen LogP contribution in [0.1, 0.15) is 30.9 Å². The Morgan fingerprint density at radius 1 is 1.38 bits per heavy atom. The summed E-state index contributed by atoms with van der Waals surface area (Å²) in [5, 5.41) is 3.39. The van der Waals surface area contributed by atoms with E-state index in [0.29, 0.717) is 5.75 Å². The van der Waals surface area contributed by atoms with E-state index < -0.39 is 0 Å². The zero-order chi connectivity index (χ0) is 10.7. The van der Waals surface area contributed by atoms with Crippen molar-refractivity contribution >= 4 is 12.4 Å². The molecule has 2 rings (SSSR count). The number of benzene rings is 1. The zero-order valence-electron chi connectivity index (χ0n) is 9.33. The highest BCUT2D eigenvalue weighted by Gasteiger charge is 2.20. The smallest absolute Gasteiger partial charge is 0.165 e. The van der Waals surface area contributed by atoms with E-state index in [0.717, 1.165) is 18.5 Å². The normalized spacial score (nSPS) is 20.0. The molecule has 0 spiro atoms. The summed E-state index contributed by atoms with van der Waals surface area (Å²) in [5.74, 6) is 0.110. The van der Waals surface area contributed by atoms with Gasteiger partial charge < -0.3 is 10.1 Å². The lowest BCUT2D eigenvalue weighted by atomic mass is 9.96. The Labute approximate surface area is 102 Å². The summed E-state index contributed by atoms with van der Waals surface area (Å²) in [6.07, 6.45) is 3.45. The molecule has 0 bridgehead atoms. The first-order chi connectivity index (χ1) is 7.33. The van der Waals surface area contributed by atoms with E-state index in [1.165, 1.54) is 26.0 Å². The summed E-state index contributed by atoms with van der Waals surface area (Å²) in [5.41, 5.74) is 0.942. The zero-order valence-corrected chi connectivity index (χ0v) is 10.1. The van der Waals surface area contributed by atoms with Gasteiger partial charge in [0.1, 0.15) is 0 Å². The van der Waals surface area contributed by atoms with E-state index in [4.69, 9.17) is 4.74 Å². The number of methoxy groups -OCH3 is 1. The van der Waals surface area contributed by atoms with Crippen molar-refractivity contribution in [2.24, 2.45) is 0 Å². The highest BCUT2D eigenvalue weighted by molar-refractivity contribution is 5.85. The minimum absolute atomic E-state index is 0.